The molecule has 0 aromatic carbocycles. The van der Waals surface area contributed by atoms with Crippen LogP contribution in [-0.2, 0) is 0 Å². The molecular weight excluding hydrogens is 288 g/mol. The molecule has 0 radical (unpaired) electrons. The van der Waals surface area contributed by atoms with E-state index in [9.17, 15) is 10.1 Å². The number of aliphatic hydroxyl groups excluding tert-OH is 1. The first-order valence-corrected chi connectivity index (χ1v) is 6.87. The highest BCUT2D eigenvalue weighted by Gasteiger charge is 2.27. The normalized spacial score (nSPS) is 10.7. The maximum atomic E-state index is 11.3. The molecule has 2 aromatic rings. The molecule has 8 heteroatoms. The zero-order valence-electron chi connectivity index (χ0n) is 12.7. The van der Waals surface area contributed by atoms with E-state index in [0.29, 0.717) is 23.5 Å². The standard InChI is InChI=1S/C14H18N4O4/c1-9-7-12(10(2)15-8-9)17-11(3)13(18(20)21)14(16-17)22-6-4-5-19/h7-8,19H,4-6H2,1-3H3. The minimum Gasteiger partial charge on any atom is -0.472 e. The molecular formula is C14H18N4O4. The van der Waals surface area contributed by atoms with Gasteiger partial charge in [-0.2, -0.15) is 0 Å². The first-order chi connectivity index (χ1) is 10.5. The number of hydrogen-bond acceptors (Lipinski definition) is 6. The number of pyridine rings is 1. The summed E-state index contributed by atoms with van der Waals surface area (Å²) in [6.07, 6.45) is 2.11. The van der Waals surface area contributed by atoms with Gasteiger partial charge in [0.2, 0.25) is 0 Å². The third-order valence-electron chi connectivity index (χ3n) is 3.20. The van der Waals surface area contributed by atoms with E-state index < -0.39 is 4.92 Å². The fourth-order valence-electron chi connectivity index (χ4n) is 2.08. The van der Waals surface area contributed by atoms with E-state index in [1.54, 1.807) is 13.1 Å². The zero-order chi connectivity index (χ0) is 16.3. The molecule has 0 fully saturated rings. The zero-order valence-corrected chi connectivity index (χ0v) is 12.7. The van der Waals surface area contributed by atoms with Crippen LogP contribution in [0.4, 0.5) is 5.69 Å². The summed E-state index contributed by atoms with van der Waals surface area (Å²) in [6, 6.07) is 1.86. The van der Waals surface area contributed by atoms with Crippen LogP contribution in [0.15, 0.2) is 12.3 Å². The average Bonchev–Trinajstić information content (AvgIpc) is 2.78. The van der Waals surface area contributed by atoms with Gasteiger partial charge < -0.3 is 9.84 Å². The van der Waals surface area contributed by atoms with E-state index in [2.05, 4.69) is 10.1 Å². The predicted molar refractivity (Wildman–Crippen MR) is 79.4 cm³/mol. The van der Waals surface area contributed by atoms with Crippen molar-refractivity contribution in [1.29, 1.82) is 0 Å². The van der Waals surface area contributed by atoms with E-state index in [1.807, 2.05) is 19.9 Å². The molecule has 118 valence electrons. The van der Waals surface area contributed by atoms with Crippen molar-refractivity contribution in [2.45, 2.75) is 27.2 Å². The predicted octanol–water partition coefficient (Wildman–Crippen LogP) is 1.86. The van der Waals surface area contributed by atoms with E-state index in [1.165, 1.54) is 4.68 Å². The van der Waals surface area contributed by atoms with E-state index in [-0.39, 0.29) is 24.8 Å². The summed E-state index contributed by atoms with van der Waals surface area (Å²) >= 11 is 0. The van der Waals surface area contributed by atoms with Crippen LogP contribution >= 0.6 is 0 Å². The molecule has 2 aromatic heterocycles. The van der Waals surface area contributed by atoms with Crippen LogP contribution in [0.5, 0.6) is 5.88 Å². The molecule has 0 saturated heterocycles. The highest BCUT2D eigenvalue weighted by Crippen LogP contribution is 2.32. The van der Waals surface area contributed by atoms with Crippen molar-refractivity contribution in [3.8, 4) is 11.6 Å². The highest BCUT2D eigenvalue weighted by atomic mass is 16.6. The first kappa shape index (κ1) is 15.9. The number of nitrogens with zero attached hydrogens (tertiary/aromatic N) is 4. The molecule has 2 rings (SSSR count). The number of aryl methyl sites for hydroxylation is 2. The van der Waals surface area contributed by atoms with E-state index >= 15 is 0 Å². The summed E-state index contributed by atoms with van der Waals surface area (Å²) < 4.78 is 6.81. The molecule has 2 heterocycles. The number of rotatable bonds is 6. The van der Waals surface area contributed by atoms with Gasteiger partial charge in [-0.25, -0.2) is 4.68 Å². The fourth-order valence-corrected chi connectivity index (χ4v) is 2.08. The monoisotopic (exact) mass is 306 g/mol. The van der Waals surface area contributed by atoms with Crippen molar-refractivity contribution in [3.05, 3.63) is 39.3 Å². The average molecular weight is 306 g/mol. The quantitative estimate of drug-likeness (QED) is 0.496. The fraction of sp³-hybridized carbons (Fsp3) is 0.429. The second-order valence-electron chi connectivity index (χ2n) is 4.95. The van der Waals surface area contributed by atoms with Gasteiger partial charge in [-0.15, -0.1) is 5.10 Å². The summed E-state index contributed by atoms with van der Waals surface area (Å²) in [5, 5.41) is 24.3. The number of nitro groups is 1. The summed E-state index contributed by atoms with van der Waals surface area (Å²) in [4.78, 5) is 15.0. The minimum atomic E-state index is -0.508. The lowest BCUT2D eigenvalue weighted by atomic mass is 10.2. The maximum absolute atomic E-state index is 11.3. The van der Waals surface area contributed by atoms with Crippen molar-refractivity contribution >= 4 is 5.69 Å². The smallest absolute Gasteiger partial charge is 0.353 e. The summed E-state index contributed by atoms with van der Waals surface area (Å²) in [6.45, 7) is 5.44. The van der Waals surface area contributed by atoms with Crippen molar-refractivity contribution in [2.24, 2.45) is 0 Å². The Balaban J connectivity index is 2.50. The van der Waals surface area contributed by atoms with Gasteiger partial charge >= 0.3 is 11.6 Å². The van der Waals surface area contributed by atoms with Crippen LogP contribution in [-0.4, -0.2) is 38.0 Å². The lowest BCUT2D eigenvalue weighted by Crippen LogP contribution is -2.04. The molecule has 0 aliphatic rings. The molecule has 0 spiro atoms. The highest BCUT2D eigenvalue weighted by molar-refractivity contribution is 5.51. The Labute approximate surface area is 127 Å². The lowest BCUT2D eigenvalue weighted by Gasteiger charge is -2.07. The summed E-state index contributed by atoms with van der Waals surface area (Å²) in [5.74, 6) is -0.0446. The van der Waals surface area contributed by atoms with Crippen LogP contribution in [0.2, 0.25) is 0 Å². The number of hydrogen-bond donors (Lipinski definition) is 1. The molecule has 1 N–H and O–H groups in total. The Morgan fingerprint density at radius 3 is 2.77 bits per heavy atom. The van der Waals surface area contributed by atoms with Crippen LogP contribution in [0.3, 0.4) is 0 Å². The number of ether oxygens (including phenoxy) is 1. The molecule has 0 bridgehead atoms. The molecule has 0 saturated carbocycles. The van der Waals surface area contributed by atoms with E-state index in [0.717, 1.165) is 5.56 Å². The maximum Gasteiger partial charge on any atom is 0.353 e. The van der Waals surface area contributed by atoms with Gasteiger partial charge in [0.25, 0.3) is 0 Å². The van der Waals surface area contributed by atoms with Crippen LogP contribution in [0, 0.1) is 30.9 Å². The number of aliphatic hydroxyl groups is 1. The van der Waals surface area contributed by atoms with Gasteiger partial charge in [-0.1, -0.05) is 0 Å². The number of aromatic nitrogens is 3. The van der Waals surface area contributed by atoms with Crippen molar-refractivity contribution < 1.29 is 14.8 Å². The Hall–Kier alpha value is -2.48. The molecule has 0 amide bonds. The summed E-state index contributed by atoms with van der Waals surface area (Å²) in [5.41, 5.74) is 2.53. The van der Waals surface area contributed by atoms with Gasteiger partial charge in [-0.3, -0.25) is 15.1 Å². The van der Waals surface area contributed by atoms with Crippen molar-refractivity contribution in [1.82, 2.24) is 14.8 Å². The third kappa shape index (κ3) is 3.06. The topological polar surface area (TPSA) is 103 Å². The summed E-state index contributed by atoms with van der Waals surface area (Å²) in [7, 11) is 0. The Kier molecular flexibility index (Phi) is 4.71. The van der Waals surface area contributed by atoms with Crippen LogP contribution in [0.25, 0.3) is 5.69 Å². The second-order valence-corrected chi connectivity index (χ2v) is 4.95. The van der Waals surface area contributed by atoms with Gasteiger partial charge in [0.05, 0.1) is 22.9 Å². The Bertz CT molecular complexity index is 696. The third-order valence-corrected chi connectivity index (χ3v) is 3.20. The SMILES string of the molecule is Cc1cnc(C)c(-n2nc(OCCCO)c([N+](=O)[O-])c2C)c1. The van der Waals surface area contributed by atoms with Crippen molar-refractivity contribution in [2.75, 3.05) is 13.2 Å². The largest absolute Gasteiger partial charge is 0.472 e. The van der Waals surface area contributed by atoms with Gasteiger partial charge in [0, 0.05) is 19.2 Å². The Morgan fingerprint density at radius 1 is 1.41 bits per heavy atom. The van der Waals surface area contributed by atoms with E-state index in [4.69, 9.17) is 9.84 Å². The van der Waals surface area contributed by atoms with Crippen LogP contribution < -0.4 is 4.74 Å². The Morgan fingerprint density at radius 2 is 2.14 bits per heavy atom. The molecule has 0 aliphatic heterocycles. The van der Waals surface area contributed by atoms with Gasteiger partial charge in [0.15, 0.2) is 0 Å². The first-order valence-electron chi connectivity index (χ1n) is 6.87. The molecule has 22 heavy (non-hydrogen) atoms. The molecule has 0 unspecified atom stereocenters. The minimum absolute atomic E-state index is 0.0446. The van der Waals surface area contributed by atoms with Crippen LogP contribution in [0.1, 0.15) is 23.4 Å². The molecule has 0 atom stereocenters. The molecule has 0 aliphatic carbocycles. The van der Waals surface area contributed by atoms with Crippen molar-refractivity contribution in [3.63, 3.8) is 0 Å². The molecule has 8 nitrogen and oxygen atoms in total. The second kappa shape index (κ2) is 6.52. The van der Waals surface area contributed by atoms with Gasteiger partial charge in [0.1, 0.15) is 5.69 Å². The lowest BCUT2D eigenvalue weighted by molar-refractivity contribution is -0.386. The van der Waals surface area contributed by atoms with Gasteiger partial charge in [-0.05, 0) is 32.4 Å².